The summed E-state index contributed by atoms with van der Waals surface area (Å²) in [5, 5.41) is 3.10. The van der Waals surface area contributed by atoms with Crippen molar-refractivity contribution in [2.75, 3.05) is 11.9 Å². The summed E-state index contributed by atoms with van der Waals surface area (Å²) in [7, 11) is 0. The fourth-order valence-corrected chi connectivity index (χ4v) is 2.52. The first-order valence-electron chi connectivity index (χ1n) is 6.44. The van der Waals surface area contributed by atoms with E-state index in [2.05, 4.69) is 21.2 Å². The Morgan fingerprint density at radius 1 is 1.23 bits per heavy atom. The predicted molar refractivity (Wildman–Crippen MR) is 89.2 cm³/mol. The number of halogens is 2. The molecule has 1 N–H and O–H groups in total. The van der Waals surface area contributed by atoms with Crippen LogP contribution in [-0.4, -0.2) is 18.5 Å². The number of amides is 1. The zero-order valence-corrected chi connectivity index (χ0v) is 14.1. The molecule has 0 saturated carbocycles. The molecule has 22 heavy (non-hydrogen) atoms. The van der Waals surface area contributed by atoms with Crippen LogP contribution in [0.1, 0.15) is 15.9 Å². The molecule has 0 bridgehead atoms. The minimum absolute atomic E-state index is 0.303. The van der Waals surface area contributed by atoms with Crippen LogP contribution in [0.15, 0.2) is 46.9 Å². The van der Waals surface area contributed by atoms with Crippen molar-refractivity contribution >= 4 is 45.1 Å². The van der Waals surface area contributed by atoms with Gasteiger partial charge in [0.15, 0.2) is 6.61 Å². The Labute approximate surface area is 141 Å². The highest BCUT2D eigenvalue weighted by atomic mass is 79.9. The standard InChI is InChI=1S/C16H13BrClNO3/c1-10-5-6-14(13(17)7-10)19-15(20)9-22-16(21)11-3-2-4-12(18)8-11/h2-8H,9H2,1H3,(H,19,20). The van der Waals surface area contributed by atoms with Gasteiger partial charge in [-0.3, -0.25) is 4.79 Å². The third kappa shape index (κ3) is 4.58. The number of anilines is 1. The van der Waals surface area contributed by atoms with Crippen LogP contribution in [0.2, 0.25) is 5.02 Å². The largest absolute Gasteiger partial charge is 0.452 e. The molecule has 2 aromatic rings. The van der Waals surface area contributed by atoms with Crippen LogP contribution in [-0.2, 0) is 9.53 Å². The molecule has 1 amide bonds. The molecular formula is C16H13BrClNO3. The highest BCUT2D eigenvalue weighted by Gasteiger charge is 2.11. The van der Waals surface area contributed by atoms with Crippen LogP contribution in [0.25, 0.3) is 0 Å². The molecule has 0 saturated heterocycles. The van der Waals surface area contributed by atoms with Crippen molar-refractivity contribution in [3.05, 3.63) is 63.1 Å². The highest BCUT2D eigenvalue weighted by Crippen LogP contribution is 2.23. The molecule has 0 aliphatic carbocycles. The van der Waals surface area contributed by atoms with Gasteiger partial charge < -0.3 is 10.1 Å². The SMILES string of the molecule is Cc1ccc(NC(=O)COC(=O)c2cccc(Cl)c2)c(Br)c1. The number of benzene rings is 2. The molecular weight excluding hydrogens is 370 g/mol. The van der Waals surface area contributed by atoms with E-state index in [9.17, 15) is 9.59 Å². The van der Waals surface area contributed by atoms with Gasteiger partial charge in [0, 0.05) is 9.50 Å². The van der Waals surface area contributed by atoms with E-state index in [-0.39, 0.29) is 6.61 Å². The lowest BCUT2D eigenvalue weighted by Crippen LogP contribution is -2.21. The molecule has 0 spiro atoms. The Kier molecular flexibility index (Phi) is 5.57. The Morgan fingerprint density at radius 3 is 2.68 bits per heavy atom. The van der Waals surface area contributed by atoms with Crippen molar-refractivity contribution < 1.29 is 14.3 Å². The van der Waals surface area contributed by atoms with Gasteiger partial charge >= 0.3 is 5.97 Å². The first-order valence-corrected chi connectivity index (χ1v) is 7.61. The van der Waals surface area contributed by atoms with Crippen LogP contribution < -0.4 is 5.32 Å². The Hall–Kier alpha value is -1.85. The van der Waals surface area contributed by atoms with Gasteiger partial charge in [-0.15, -0.1) is 0 Å². The Balaban J connectivity index is 1.91. The number of hydrogen-bond donors (Lipinski definition) is 1. The normalized spacial score (nSPS) is 10.1. The van der Waals surface area contributed by atoms with E-state index in [4.69, 9.17) is 16.3 Å². The van der Waals surface area contributed by atoms with E-state index in [1.54, 1.807) is 24.3 Å². The van der Waals surface area contributed by atoms with E-state index < -0.39 is 11.9 Å². The summed E-state index contributed by atoms with van der Waals surface area (Å²) in [6.45, 7) is 1.58. The van der Waals surface area contributed by atoms with Crippen molar-refractivity contribution in [2.45, 2.75) is 6.92 Å². The molecule has 0 aliphatic rings. The summed E-state index contributed by atoms with van der Waals surface area (Å²) < 4.78 is 5.72. The van der Waals surface area contributed by atoms with Gasteiger partial charge in [0.25, 0.3) is 5.91 Å². The summed E-state index contributed by atoms with van der Waals surface area (Å²) in [6.07, 6.45) is 0. The monoisotopic (exact) mass is 381 g/mol. The minimum Gasteiger partial charge on any atom is -0.452 e. The lowest BCUT2D eigenvalue weighted by molar-refractivity contribution is -0.119. The van der Waals surface area contributed by atoms with Crippen molar-refractivity contribution in [1.82, 2.24) is 0 Å². The molecule has 0 heterocycles. The van der Waals surface area contributed by atoms with Crippen LogP contribution in [0, 0.1) is 6.92 Å². The van der Waals surface area contributed by atoms with Crippen molar-refractivity contribution in [3.8, 4) is 0 Å². The molecule has 6 heteroatoms. The third-order valence-corrected chi connectivity index (χ3v) is 3.68. The number of ether oxygens (including phenoxy) is 1. The van der Waals surface area contributed by atoms with Gasteiger partial charge in [-0.1, -0.05) is 23.7 Å². The topological polar surface area (TPSA) is 55.4 Å². The van der Waals surface area contributed by atoms with Gasteiger partial charge in [0.1, 0.15) is 0 Å². The van der Waals surface area contributed by atoms with E-state index >= 15 is 0 Å². The van der Waals surface area contributed by atoms with Crippen LogP contribution >= 0.6 is 27.5 Å². The van der Waals surface area contributed by atoms with E-state index in [1.807, 2.05) is 19.1 Å². The van der Waals surface area contributed by atoms with E-state index in [0.717, 1.165) is 10.0 Å². The first kappa shape index (κ1) is 16.5. The summed E-state index contributed by atoms with van der Waals surface area (Å²) in [6, 6.07) is 11.9. The number of carbonyl (C=O) groups excluding carboxylic acids is 2. The van der Waals surface area contributed by atoms with Crippen LogP contribution in [0.4, 0.5) is 5.69 Å². The number of hydrogen-bond acceptors (Lipinski definition) is 3. The maximum absolute atomic E-state index is 11.8. The third-order valence-electron chi connectivity index (χ3n) is 2.79. The van der Waals surface area contributed by atoms with Gasteiger partial charge in [0.2, 0.25) is 0 Å². The number of aryl methyl sites for hydroxylation is 1. The predicted octanol–water partition coefficient (Wildman–Crippen LogP) is 4.21. The fourth-order valence-electron chi connectivity index (χ4n) is 1.74. The van der Waals surface area contributed by atoms with E-state index in [1.165, 1.54) is 6.07 Å². The second-order valence-electron chi connectivity index (χ2n) is 4.62. The molecule has 2 rings (SSSR count). The molecule has 0 atom stereocenters. The minimum atomic E-state index is -0.597. The molecule has 114 valence electrons. The summed E-state index contributed by atoms with van der Waals surface area (Å²) >= 11 is 9.16. The maximum Gasteiger partial charge on any atom is 0.338 e. The van der Waals surface area contributed by atoms with Gasteiger partial charge in [-0.25, -0.2) is 4.79 Å². The van der Waals surface area contributed by atoms with Crippen molar-refractivity contribution in [1.29, 1.82) is 0 Å². The number of nitrogens with one attached hydrogen (secondary N) is 1. The van der Waals surface area contributed by atoms with Gasteiger partial charge in [0.05, 0.1) is 11.3 Å². The summed E-state index contributed by atoms with van der Waals surface area (Å²) in [4.78, 5) is 23.6. The Morgan fingerprint density at radius 2 is 2.00 bits per heavy atom. The second kappa shape index (κ2) is 7.42. The lowest BCUT2D eigenvalue weighted by atomic mass is 10.2. The molecule has 0 aliphatic heterocycles. The molecule has 0 radical (unpaired) electrons. The number of esters is 1. The van der Waals surface area contributed by atoms with Crippen LogP contribution in [0.5, 0.6) is 0 Å². The van der Waals surface area contributed by atoms with Crippen molar-refractivity contribution in [3.63, 3.8) is 0 Å². The van der Waals surface area contributed by atoms with Crippen LogP contribution in [0.3, 0.4) is 0 Å². The fraction of sp³-hybridized carbons (Fsp3) is 0.125. The van der Waals surface area contributed by atoms with E-state index in [0.29, 0.717) is 16.3 Å². The zero-order valence-electron chi connectivity index (χ0n) is 11.7. The van der Waals surface area contributed by atoms with Crippen molar-refractivity contribution in [2.24, 2.45) is 0 Å². The van der Waals surface area contributed by atoms with Gasteiger partial charge in [-0.05, 0) is 58.7 Å². The highest BCUT2D eigenvalue weighted by molar-refractivity contribution is 9.10. The first-order chi connectivity index (χ1) is 10.5. The molecule has 2 aromatic carbocycles. The molecule has 4 nitrogen and oxygen atoms in total. The lowest BCUT2D eigenvalue weighted by Gasteiger charge is -2.09. The average molecular weight is 383 g/mol. The molecule has 0 aromatic heterocycles. The summed E-state index contributed by atoms with van der Waals surface area (Å²) in [5.74, 6) is -1.01. The Bertz CT molecular complexity index is 718. The zero-order chi connectivity index (χ0) is 16.1. The number of rotatable bonds is 4. The quantitative estimate of drug-likeness (QED) is 0.806. The smallest absolute Gasteiger partial charge is 0.338 e. The number of carbonyl (C=O) groups is 2. The molecule has 0 fully saturated rings. The van der Waals surface area contributed by atoms with Gasteiger partial charge in [-0.2, -0.15) is 0 Å². The summed E-state index contributed by atoms with van der Waals surface area (Å²) in [5.41, 5.74) is 1.99. The maximum atomic E-state index is 11.8. The molecule has 0 unspecified atom stereocenters. The average Bonchev–Trinajstić information content (AvgIpc) is 2.47. The second-order valence-corrected chi connectivity index (χ2v) is 5.91.